The van der Waals surface area contributed by atoms with Crippen molar-refractivity contribution in [1.82, 2.24) is 9.78 Å². The van der Waals surface area contributed by atoms with E-state index >= 15 is 0 Å². The molecule has 6 nitrogen and oxygen atoms in total. The number of carbonyl (C=O) groups is 1. The molecule has 156 valence electrons. The molecule has 0 atom stereocenters. The molecule has 1 heterocycles. The molecule has 0 saturated heterocycles. The summed E-state index contributed by atoms with van der Waals surface area (Å²) in [5, 5.41) is 13.5. The first kappa shape index (κ1) is 21.7. The van der Waals surface area contributed by atoms with Crippen LogP contribution in [-0.4, -0.2) is 26.9 Å². The zero-order valence-corrected chi connectivity index (χ0v) is 16.8. The number of amides is 1. The van der Waals surface area contributed by atoms with Crippen molar-refractivity contribution in [3.63, 3.8) is 0 Å². The first-order valence-electron chi connectivity index (χ1n) is 9.49. The van der Waals surface area contributed by atoms with Crippen LogP contribution in [0.15, 0.2) is 59.4 Å². The predicted molar refractivity (Wildman–Crippen MR) is 113 cm³/mol. The third-order valence-corrected chi connectivity index (χ3v) is 4.95. The summed E-state index contributed by atoms with van der Waals surface area (Å²) in [7, 11) is 0. The molecule has 3 aromatic rings. The Labute approximate surface area is 177 Å². The lowest BCUT2D eigenvalue weighted by Gasteiger charge is -2.10. The molecular formula is C22H21ClFN3O3. The quantitative estimate of drug-likeness (QED) is 0.663. The maximum atomic E-state index is 13.5. The highest BCUT2D eigenvalue weighted by Gasteiger charge is 2.15. The summed E-state index contributed by atoms with van der Waals surface area (Å²) in [6.45, 7) is 0. The smallest absolute Gasteiger partial charge is 0.284 e. The summed E-state index contributed by atoms with van der Waals surface area (Å²) >= 11 is 5.86. The zero-order valence-electron chi connectivity index (χ0n) is 16.1. The maximum Gasteiger partial charge on any atom is 0.284 e. The van der Waals surface area contributed by atoms with Gasteiger partial charge in [-0.1, -0.05) is 42.6 Å². The molecule has 0 unspecified atom stereocenters. The van der Waals surface area contributed by atoms with Crippen LogP contribution in [0.25, 0.3) is 16.9 Å². The Kier molecular flexibility index (Phi) is 6.97. The molecule has 8 heteroatoms. The van der Waals surface area contributed by atoms with Gasteiger partial charge in [0.05, 0.1) is 17.5 Å². The van der Waals surface area contributed by atoms with Crippen molar-refractivity contribution in [2.75, 3.05) is 0 Å². The van der Waals surface area contributed by atoms with E-state index in [4.69, 9.17) is 22.4 Å². The summed E-state index contributed by atoms with van der Waals surface area (Å²) in [5.74, 6) is -1.42. The minimum Gasteiger partial charge on any atom is -0.393 e. The average molecular weight is 430 g/mol. The van der Waals surface area contributed by atoms with Gasteiger partial charge in [-0.2, -0.15) is 9.78 Å². The normalized spacial score (nSPS) is 13.6. The van der Waals surface area contributed by atoms with Gasteiger partial charge in [0.1, 0.15) is 11.4 Å². The van der Waals surface area contributed by atoms with Gasteiger partial charge < -0.3 is 10.8 Å². The minimum absolute atomic E-state index is 0.0463. The Balaban J connectivity index is 0.000000367. The van der Waals surface area contributed by atoms with Crippen LogP contribution >= 0.6 is 11.6 Å². The Bertz CT molecular complexity index is 1090. The van der Waals surface area contributed by atoms with Crippen molar-refractivity contribution in [2.45, 2.75) is 31.8 Å². The molecule has 0 bridgehead atoms. The number of primary amides is 1. The zero-order chi connectivity index (χ0) is 21.7. The molecule has 4 rings (SSSR count). The SMILES string of the molecule is NC(=O)c1cc(-c2ccc(Cl)cc2)nn(-c2cccc(F)c2)c1=O.OC1CCCC1. The van der Waals surface area contributed by atoms with Crippen LogP contribution in [-0.2, 0) is 0 Å². The Hall–Kier alpha value is -3.03. The molecule has 1 fully saturated rings. The molecule has 30 heavy (non-hydrogen) atoms. The van der Waals surface area contributed by atoms with E-state index < -0.39 is 17.3 Å². The number of aliphatic hydroxyl groups excluding tert-OH is 1. The molecule has 2 aromatic carbocycles. The summed E-state index contributed by atoms with van der Waals surface area (Å²) in [5.41, 5.74) is 5.50. The molecule has 3 N–H and O–H groups in total. The first-order chi connectivity index (χ1) is 14.3. The lowest BCUT2D eigenvalue weighted by atomic mass is 10.1. The van der Waals surface area contributed by atoms with Crippen molar-refractivity contribution in [1.29, 1.82) is 0 Å². The summed E-state index contributed by atoms with van der Waals surface area (Å²) in [6, 6.07) is 13.3. The molecule has 0 spiro atoms. The number of benzene rings is 2. The lowest BCUT2D eigenvalue weighted by molar-refractivity contribution is 0.0998. The molecular weight excluding hydrogens is 409 g/mol. The van der Waals surface area contributed by atoms with Crippen molar-refractivity contribution >= 4 is 17.5 Å². The number of carbonyl (C=O) groups excluding carboxylic acids is 1. The number of halogens is 2. The standard InChI is InChI=1S/C17H11ClFN3O2.C5H10O/c18-11-6-4-10(5-7-11)15-9-14(16(20)23)17(24)22(21-15)13-3-1-2-12(19)8-13;6-5-3-1-2-4-5/h1-9H,(H2,20,23);5-6H,1-4H2. The highest BCUT2D eigenvalue weighted by molar-refractivity contribution is 6.30. The molecule has 0 aliphatic heterocycles. The molecule has 1 aromatic heterocycles. The number of hydrogen-bond acceptors (Lipinski definition) is 4. The predicted octanol–water partition coefficient (Wildman–Crippen LogP) is 3.71. The fourth-order valence-corrected chi connectivity index (χ4v) is 3.25. The largest absolute Gasteiger partial charge is 0.393 e. The number of aromatic nitrogens is 2. The second-order valence-electron chi connectivity index (χ2n) is 6.95. The monoisotopic (exact) mass is 429 g/mol. The van der Waals surface area contributed by atoms with Gasteiger partial charge in [-0.25, -0.2) is 4.39 Å². The molecule has 0 radical (unpaired) electrons. The van der Waals surface area contributed by atoms with Crippen molar-refractivity contribution < 1.29 is 14.3 Å². The Morgan fingerprint density at radius 2 is 1.80 bits per heavy atom. The van der Waals surface area contributed by atoms with Gasteiger partial charge in [0, 0.05) is 10.6 Å². The van der Waals surface area contributed by atoms with Crippen molar-refractivity contribution in [3.05, 3.63) is 81.4 Å². The van der Waals surface area contributed by atoms with E-state index in [2.05, 4.69) is 5.10 Å². The van der Waals surface area contributed by atoms with Gasteiger partial charge in [0.15, 0.2) is 0 Å². The summed E-state index contributed by atoms with van der Waals surface area (Å²) in [6.07, 6.45) is 4.60. The Morgan fingerprint density at radius 1 is 1.13 bits per heavy atom. The van der Waals surface area contributed by atoms with E-state index in [1.165, 1.54) is 37.1 Å². The van der Waals surface area contributed by atoms with Crippen molar-refractivity contribution in [3.8, 4) is 16.9 Å². The van der Waals surface area contributed by atoms with Crippen LogP contribution in [0.2, 0.25) is 5.02 Å². The number of nitrogens with two attached hydrogens (primary N) is 1. The van der Waals surface area contributed by atoms with Gasteiger partial charge in [0.2, 0.25) is 0 Å². The third kappa shape index (κ3) is 5.31. The van der Waals surface area contributed by atoms with Crippen LogP contribution < -0.4 is 11.3 Å². The topological polar surface area (TPSA) is 98.2 Å². The first-order valence-corrected chi connectivity index (χ1v) is 9.87. The number of rotatable bonds is 3. The number of aliphatic hydroxyl groups is 1. The molecule has 1 aliphatic rings. The van der Waals surface area contributed by atoms with Gasteiger partial charge in [0.25, 0.3) is 11.5 Å². The van der Waals surface area contributed by atoms with Crippen LogP contribution in [0.4, 0.5) is 4.39 Å². The van der Waals surface area contributed by atoms with E-state index in [0.29, 0.717) is 16.3 Å². The molecule has 1 amide bonds. The van der Waals surface area contributed by atoms with Crippen molar-refractivity contribution in [2.24, 2.45) is 5.73 Å². The van der Waals surface area contributed by atoms with E-state index in [1.54, 1.807) is 24.3 Å². The average Bonchev–Trinajstić information content (AvgIpc) is 3.20. The van der Waals surface area contributed by atoms with Crippen LogP contribution in [0.5, 0.6) is 0 Å². The highest BCUT2D eigenvalue weighted by Crippen LogP contribution is 2.20. The Morgan fingerprint density at radius 3 is 2.33 bits per heavy atom. The van der Waals surface area contributed by atoms with E-state index in [-0.39, 0.29) is 17.4 Å². The summed E-state index contributed by atoms with van der Waals surface area (Å²) in [4.78, 5) is 24.0. The van der Waals surface area contributed by atoms with E-state index in [0.717, 1.165) is 23.6 Å². The maximum absolute atomic E-state index is 13.5. The van der Waals surface area contributed by atoms with E-state index in [1.807, 2.05) is 0 Å². The number of nitrogens with zero attached hydrogens (tertiary/aromatic N) is 2. The van der Waals surface area contributed by atoms with Gasteiger partial charge in [-0.05, 0) is 49.2 Å². The minimum atomic E-state index is -0.886. The van der Waals surface area contributed by atoms with Gasteiger partial charge >= 0.3 is 0 Å². The lowest BCUT2D eigenvalue weighted by Crippen LogP contribution is -2.30. The fraction of sp³-hybridized carbons (Fsp3) is 0.227. The second kappa shape index (κ2) is 9.65. The second-order valence-corrected chi connectivity index (χ2v) is 7.39. The molecule has 1 aliphatic carbocycles. The van der Waals surface area contributed by atoms with Crippen LogP contribution in [0.3, 0.4) is 0 Å². The third-order valence-electron chi connectivity index (χ3n) is 4.69. The summed E-state index contributed by atoms with van der Waals surface area (Å²) < 4.78 is 14.4. The van der Waals surface area contributed by atoms with E-state index in [9.17, 15) is 14.0 Å². The van der Waals surface area contributed by atoms with Gasteiger partial charge in [-0.3, -0.25) is 9.59 Å². The van der Waals surface area contributed by atoms with Gasteiger partial charge in [-0.15, -0.1) is 0 Å². The number of hydrogen-bond donors (Lipinski definition) is 2. The fourth-order valence-electron chi connectivity index (χ4n) is 3.12. The van der Waals surface area contributed by atoms with Crippen LogP contribution in [0, 0.1) is 5.82 Å². The van der Waals surface area contributed by atoms with Crippen LogP contribution in [0.1, 0.15) is 36.0 Å². The highest BCUT2D eigenvalue weighted by atomic mass is 35.5. The molecule has 1 saturated carbocycles.